The molecule has 1 fully saturated rings. The van der Waals surface area contributed by atoms with E-state index >= 15 is 0 Å². The van der Waals surface area contributed by atoms with Crippen molar-refractivity contribution in [1.82, 2.24) is 4.90 Å². The minimum Gasteiger partial charge on any atom is -0.297 e. The SMILES string of the molecule is O=S1(=O)c2ccccc2[C@H]2CN(Cc3ccsc3)C[C@@H]21. The molecule has 0 aliphatic carbocycles. The van der Waals surface area contributed by atoms with E-state index in [1.165, 1.54) is 5.56 Å². The Bertz CT molecular complexity index is 737. The van der Waals surface area contributed by atoms with Gasteiger partial charge in [0.1, 0.15) is 0 Å². The van der Waals surface area contributed by atoms with Gasteiger partial charge in [0.15, 0.2) is 9.84 Å². The lowest BCUT2D eigenvalue weighted by Crippen LogP contribution is -2.25. The van der Waals surface area contributed by atoms with Crippen molar-refractivity contribution in [2.45, 2.75) is 22.6 Å². The molecule has 1 saturated heterocycles. The van der Waals surface area contributed by atoms with E-state index < -0.39 is 9.84 Å². The number of hydrogen-bond acceptors (Lipinski definition) is 4. The Balaban J connectivity index is 1.66. The lowest BCUT2D eigenvalue weighted by molar-refractivity contribution is 0.326. The second-order valence-corrected chi connectivity index (χ2v) is 8.47. The van der Waals surface area contributed by atoms with Crippen molar-refractivity contribution < 1.29 is 8.42 Å². The third-order valence-electron chi connectivity index (χ3n) is 4.35. The molecular formula is C15H15NO2S2. The number of nitrogens with zero attached hydrogens (tertiary/aromatic N) is 1. The second-order valence-electron chi connectivity index (χ2n) is 5.55. The molecule has 2 aliphatic rings. The van der Waals surface area contributed by atoms with Crippen LogP contribution in [0.5, 0.6) is 0 Å². The zero-order valence-electron chi connectivity index (χ0n) is 10.9. The van der Waals surface area contributed by atoms with Crippen LogP contribution in [0.1, 0.15) is 17.0 Å². The predicted octanol–water partition coefficient (Wildman–Crippen LogP) is 2.50. The van der Waals surface area contributed by atoms with Crippen molar-refractivity contribution >= 4 is 21.2 Å². The third kappa shape index (κ3) is 1.77. The largest absolute Gasteiger partial charge is 0.297 e. The van der Waals surface area contributed by atoms with Crippen molar-refractivity contribution in [3.63, 3.8) is 0 Å². The zero-order valence-corrected chi connectivity index (χ0v) is 12.5. The highest BCUT2D eigenvalue weighted by Gasteiger charge is 2.49. The summed E-state index contributed by atoms with van der Waals surface area (Å²) >= 11 is 1.69. The Morgan fingerprint density at radius 1 is 1.20 bits per heavy atom. The Labute approximate surface area is 122 Å². The minimum atomic E-state index is -3.13. The first kappa shape index (κ1) is 12.6. The maximum atomic E-state index is 12.6. The number of hydrogen-bond donors (Lipinski definition) is 0. The van der Waals surface area contributed by atoms with E-state index in [1.807, 2.05) is 18.2 Å². The maximum Gasteiger partial charge on any atom is 0.183 e. The summed E-state index contributed by atoms with van der Waals surface area (Å²) in [6.07, 6.45) is 0. The molecule has 3 nitrogen and oxygen atoms in total. The molecule has 20 heavy (non-hydrogen) atoms. The predicted molar refractivity (Wildman–Crippen MR) is 79.8 cm³/mol. The second kappa shape index (κ2) is 4.41. The van der Waals surface area contributed by atoms with E-state index in [4.69, 9.17) is 0 Å². The van der Waals surface area contributed by atoms with E-state index in [9.17, 15) is 8.42 Å². The molecule has 104 valence electrons. The molecule has 0 spiro atoms. The normalized spacial score (nSPS) is 27.4. The van der Waals surface area contributed by atoms with Crippen LogP contribution < -0.4 is 0 Å². The first-order valence-corrected chi connectivity index (χ1v) is 9.21. The number of thiophene rings is 1. The van der Waals surface area contributed by atoms with Gasteiger partial charge in [-0.25, -0.2) is 8.42 Å². The van der Waals surface area contributed by atoms with Crippen LogP contribution in [0.4, 0.5) is 0 Å². The molecular weight excluding hydrogens is 290 g/mol. The van der Waals surface area contributed by atoms with Crippen molar-refractivity contribution in [3.05, 3.63) is 52.2 Å². The summed E-state index contributed by atoms with van der Waals surface area (Å²) in [5.41, 5.74) is 2.30. The summed E-state index contributed by atoms with van der Waals surface area (Å²) < 4.78 is 25.2. The van der Waals surface area contributed by atoms with Crippen LogP contribution in [-0.4, -0.2) is 31.7 Å². The van der Waals surface area contributed by atoms with E-state index in [1.54, 1.807) is 17.4 Å². The molecule has 1 aromatic carbocycles. The summed E-state index contributed by atoms with van der Waals surface area (Å²) in [6, 6.07) is 9.61. The molecule has 2 aromatic rings. The summed E-state index contributed by atoms with van der Waals surface area (Å²) in [5, 5.41) is 3.95. The fraction of sp³-hybridized carbons (Fsp3) is 0.333. The Morgan fingerprint density at radius 2 is 2.05 bits per heavy atom. The molecule has 0 saturated carbocycles. The molecule has 0 N–H and O–H groups in total. The van der Waals surface area contributed by atoms with Crippen LogP contribution in [0, 0.1) is 0 Å². The highest BCUT2D eigenvalue weighted by molar-refractivity contribution is 7.92. The van der Waals surface area contributed by atoms with E-state index in [-0.39, 0.29) is 11.2 Å². The first-order valence-electron chi connectivity index (χ1n) is 6.72. The van der Waals surface area contributed by atoms with Crippen LogP contribution in [0.15, 0.2) is 46.0 Å². The Morgan fingerprint density at radius 3 is 2.85 bits per heavy atom. The quantitative estimate of drug-likeness (QED) is 0.855. The number of rotatable bonds is 2. The molecule has 2 atom stereocenters. The van der Waals surface area contributed by atoms with Gasteiger partial charge in [-0.3, -0.25) is 4.90 Å². The van der Waals surface area contributed by atoms with E-state index in [0.29, 0.717) is 11.4 Å². The van der Waals surface area contributed by atoms with Crippen molar-refractivity contribution in [3.8, 4) is 0 Å². The van der Waals surface area contributed by atoms with Gasteiger partial charge in [-0.15, -0.1) is 0 Å². The van der Waals surface area contributed by atoms with Gasteiger partial charge in [-0.1, -0.05) is 18.2 Å². The summed E-state index contributed by atoms with van der Waals surface area (Å²) in [7, 11) is -3.13. The third-order valence-corrected chi connectivity index (χ3v) is 7.34. The van der Waals surface area contributed by atoms with Gasteiger partial charge in [-0.05, 0) is 34.0 Å². The van der Waals surface area contributed by atoms with Crippen LogP contribution >= 0.6 is 11.3 Å². The molecule has 0 radical (unpaired) electrons. The molecule has 2 aliphatic heterocycles. The Kier molecular flexibility index (Phi) is 2.77. The van der Waals surface area contributed by atoms with Gasteiger partial charge in [0.25, 0.3) is 0 Å². The number of sulfone groups is 1. The van der Waals surface area contributed by atoms with Gasteiger partial charge in [0.2, 0.25) is 0 Å². The first-order chi connectivity index (χ1) is 9.66. The van der Waals surface area contributed by atoms with Crippen molar-refractivity contribution in [2.24, 2.45) is 0 Å². The van der Waals surface area contributed by atoms with Crippen molar-refractivity contribution in [1.29, 1.82) is 0 Å². The van der Waals surface area contributed by atoms with Gasteiger partial charge in [0, 0.05) is 25.6 Å². The lowest BCUT2D eigenvalue weighted by Gasteiger charge is -2.16. The molecule has 3 heterocycles. The molecule has 1 aromatic heterocycles. The van der Waals surface area contributed by atoms with Crippen LogP contribution in [0.3, 0.4) is 0 Å². The minimum absolute atomic E-state index is 0.148. The topological polar surface area (TPSA) is 37.4 Å². The number of benzene rings is 1. The molecule has 0 amide bonds. The smallest absolute Gasteiger partial charge is 0.183 e. The molecule has 0 unspecified atom stereocenters. The van der Waals surface area contributed by atoms with Crippen LogP contribution in [0.25, 0.3) is 0 Å². The van der Waals surface area contributed by atoms with Gasteiger partial charge in [-0.2, -0.15) is 11.3 Å². The molecule has 0 bridgehead atoms. The fourth-order valence-electron chi connectivity index (χ4n) is 3.44. The van der Waals surface area contributed by atoms with Gasteiger partial charge < -0.3 is 0 Å². The standard InChI is InChI=1S/C15H15NO2S2/c17-20(18)14-4-2-1-3-12(14)13-8-16(9-15(13)20)7-11-5-6-19-10-11/h1-6,10,13,15H,7-9H2/t13-,15+/m1/s1. The molecule has 5 heteroatoms. The van der Waals surface area contributed by atoms with Crippen molar-refractivity contribution in [2.75, 3.05) is 13.1 Å². The summed E-state index contributed by atoms with van der Waals surface area (Å²) in [4.78, 5) is 2.83. The van der Waals surface area contributed by atoms with E-state index in [2.05, 4.69) is 21.7 Å². The van der Waals surface area contributed by atoms with Gasteiger partial charge >= 0.3 is 0 Å². The highest BCUT2D eigenvalue weighted by atomic mass is 32.2. The summed E-state index contributed by atoms with van der Waals surface area (Å²) in [6.45, 7) is 2.35. The average Bonchev–Trinajstić information content (AvgIpc) is 3.12. The average molecular weight is 305 g/mol. The summed E-state index contributed by atoms with van der Waals surface area (Å²) in [5.74, 6) is 0.148. The Hall–Kier alpha value is -1.17. The fourth-order valence-corrected chi connectivity index (χ4v) is 6.32. The number of fused-ring (bicyclic) bond motifs is 3. The molecule has 4 rings (SSSR count). The maximum absolute atomic E-state index is 12.6. The van der Waals surface area contributed by atoms with Crippen LogP contribution in [0.2, 0.25) is 0 Å². The van der Waals surface area contributed by atoms with E-state index in [0.717, 1.165) is 18.7 Å². The lowest BCUT2D eigenvalue weighted by atomic mass is 9.99. The van der Waals surface area contributed by atoms with Gasteiger partial charge in [0.05, 0.1) is 10.1 Å². The highest BCUT2D eigenvalue weighted by Crippen LogP contribution is 2.44. The monoisotopic (exact) mass is 305 g/mol. The number of likely N-dealkylation sites (tertiary alicyclic amines) is 1. The van der Waals surface area contributed by atoms with Crippen LogP contribution in [-0.2, 0) is 16.4 Å². The zero-order chi connectivity index (χ0) is 13.7.